The molecule has 0 fully saturated rings. The minimum absolute atomic E-state index is 0.587. The third kappa shape index (κ3) is 1.19. The van der Waals surface area contributed by atoms with Crippen molar-refractivity contribution < 1.29 is 4.48 Å². The second-order valence-corrected chi connectivity index (χ2v) is 1.80. The van der Waals surface area contributed by atoms with Gasteiger partial charge >= 0.3 is 0 Å². The Labute approximate surface area is 53.4 Å². The van der Waals surface area contributed by atoms with Gasteiger partial charge in [-0.3, -0.25) is 0 Å². The number of nitrogens with zero attached hydrogens (tertiary/aromatic N) is 1. The normalized spacial score (nSPS) is 9.44. The summed E-state index contributed by atoms with van der Waals surface area (Å²) in [5.74, 6) is 0. The van der Waals surface area contributed by atoms with Gasteiger partial charge in [-0.15, -0.1) is 6.58 Å². The number of aromatic nitrogens is 1. The molecule has 1 nitrogen and oxygen atoms in total. The van der Waals surface area contributed by atoms with E-state index in [-0.39, 0.29) is 0 Å². The van der Waals surface area contributed by atoms with Gasteiger partial charge in [-0.1, -0.05) is 10.6 Å². The van der Waals surface area contributed by atoms with Crippen molar-refractivity contribution in [2.24, 2.45) is 0 Å². The molecule has 0 aromatic carbocycles. The second kappa shape index (κ2) is 2.49. The fourth-order valence-corrected chi connectivity index (χ4v) is 0.700. The van der Waals surface area contributed by atoms with Crippen molar-refractivity contribution >= 4 is 0 Å². The third-order valence-corrected chi connectivity index (χ3v) is 1.13. The quantitative estimate of drug-likeness (QED) is 0.532. The Hall–Kier alpha value is -1.05. The first kappa shape index (κ1) is 6.08. The third-order valence-electron chi connectivity index (χ3n) is 1.13. The molecule has 1 heterocycles. The molecule has 48 valence electrons. The summed E-state index contributed by atoms with van der Waals surface area (Å²) in [6.07, 6.45) is 3.63. The molecule has 0 aliphatic carbocycles. The summed E-state index contributed by atoms with van der Waals surface area (Å²) in [7, 11) is 0. The van der Waals surface area contributed by atoms with Gasteiger partial charge in [0.05, 0.1) is 5.69 Å². The lowest BCUT2D eigenvalue weighted by atomic mass is 10.3. The first-order chi connectivity index (χ1) is 4.34. The van der Waals surface area contributed by atoms with E-state index < -0.39 is 0 Å². The predicted octanol–water partition coefficient (Wildman–Crippen LogP) is 1.95. The molecule has 1 rings (SSSR count). The molecule has 0 aliphatic heterocycles. The molecular formula is C7H8FN. The van der Waals surface area contributed by atoms with Crippen molar-refractivity contribution in [2.45, 2.75) is 6.42 Å². The highest BCUT2D eigenvalue weighted by Crippen LogP contribution is 2.02. The van der Waals surface area contributed by atoms with E-state index in [1.54, 1.807) is 18.2 Å². The summed E-state index contributed by atoms with van der Waals surface area (Å²) in [5, 5.41) is 0. The minimum atomic E-state index is 0.587. The molecule has 2 heteroatoms. The van der Waals surface area contributed by atoms with Crippen molar-refractivity contribution in [1.82, 2.24) is 4.79 Å². The van der Waals surface area contributed by atoms with Gasteiger partial charge in [0.1, 0.15) is 0 Å². The first-order valence-electron chi connectivity index (χ1n) is 2.78. The molecule has 1 aromatic rings. The van der Waals surface area contributed by atoms with Crippen LogP contribution in [0.2, 0.25) is 0 Å². The summed E-state index contributed by atoms with van der Waals surface area (Å²) in [5.41, 5.74) is 0.644. The number of rotatable bonds is 2. The highest BCUT2D eigenvalue weighted by molar-refractivity contribution is 5.08. The second-order valence-electron chi connectivity index (χ2n) is 1.80. The van der Waals surface area contributed by atoms with E-state index in [0.717, 1.165) is 0 Å². The molecule has 0 radical (unpaired) electrons. The fraction of sp³-hybridized carbons (Fsp3) is 0.143. The van der Waals surface area contributed by atoms with Crippen LogP contribution < -0.4 is 0 Å². The number of halogens is 1. The molecule has 0 saturated carbocycles. The molecule has 0 saturated heterocycles. The first-order valence-corrected chi connectivity index (χ1v) is 2.78. The molecule has 0 N–H and O–H groups in total. The van der Waals surface area contributed by atoms with Gasteiger partial charge in [0.2, 0.25) is 0 Å². The molecule has 0 atom stereocenters. The van der Waals surface area contributed by atoms with Crippen LogP contribution in [0.4, 0.5) is 4.48 Å². The largest absolute Gasteiger partial charge is 0.191 e. The molecule has 0 spiro atoms. The van der Waals surface area contributed by atoms with E-state index in [1.165, 1.54) is 6.20 Å². The minimum Gasteiger partial charge on any atom is -0.191 e. The van der Waals surface area contributed by atoms with Crippen LogP contribution in [0.3, 0.4) is 0 Å². The highest BCUT2D eigenvalue weighted by atomic mass is 19.2. The van der Waals surface area contributed by atoms with Crippen LogP contribution in [-0.2, 0) is 6.42 Å². The summed E-state index contributed by atoms with van der Waals surface area (Å²) in [6.45, 7) is 3.50. The van der Waals surface area contributed by atoms with Crippen molar-refractivity contribution in [2.75, 3.05) is 0 Å². The average molecular weight is 125 g/mol. The Morgan fingerprint density at radius 2 is 2.56 bits per heavy atom. The Morgan fingerprint density at radius 3 is 3.00 bits per heavy atom. The van der Waals surface area contributed by atoms with E-state index in [4.69, 9.17) is 0 Å². The van der Waals surface area contributed by atoms with Crippen molar-refractivity contribution in [1.29, 1.82) is 0 Å². The maximum Gasteiger partial charge on any atom is 0.0551 e. The Bertz CT molecular complexity index is 202. The van der Waals surface area contributed by atoms with Gasteiger partial charge in [0.15, 0.2) is 0 Å². The van der Waals surface area contributed by atoms with E-state index >= 15 is 0 Å². The fourth-order valence-electron chi connectivity index (χ4n) is 0.700. The van der Waals surface area contributed by atoms with Crippen molar-refractivity contribution in [3.63, 3.8) is 0 Å². The lowest BCUT2D eigenvalue weighted by molar-refractivity contribution is 0.358. The molecular weight excluding hydrogens is 117 g/mol. The van der Waals surface area contributed by atoms with Crippen molar-refractivity contribution in [3.05, 3.63) is 36.7 Å². The molecule has 0 bridgehead atoms. The van der Waals surface area contributed by atoms with Gasteiger partial charge < -0.3 is 0 Å². The van der Waals surface area contributed by atoms with Crippen LogP contribution >= 0.6 is 0 Å². The zero-order valence-electron chi connectivity index (χ0n) is 5.05. The van der Waals surface area contributed by atoms with Crippen molar-refractivity contribution in [3.8, 4) is 0 Å². The topological polar surface area (TPSA) is 4.93 Å². The SMILES string of the molecule is C=CCc1cccn1F. The molecule has 0 unspecified atom stereocenters. The van der Waals surface area contributed by atoms with Crippen LogP contribution in [0.1, 0.15) is 5.69 Å². The standard InChI is InChI=1S/C7H8FN/c1-2-4-7-5-3-6-9(7)8/h2-3,5-6H,1,4H2. The lowest BCUT2D eigenvalue weighted by Crippen LogP contribution is -1.86. The van der Waals surface area contributed by atoms with Crippen LogP contribution in [-0.4, -0.2) is 4.79 Å². The number of hydrogen-bond acceptors (Lipinski definition) is 0. The van der Waals surface area contributed by atoms with Gasteiger partial charge in [-0.25, -0.2) is 0 Å². The van der Waals surface area contributed by atoms with E-state index in [0.29, 0.717) is 16.9 Å². The highest BCUT2D eigenvalue weighted by Gasteiger charge is 1.93. The maximum atomic E-state index is 12.4. The van der Waals surface area contributed by atoms with Gasteiger partial charge in [-0.05, 0) is 12.1 Å². The zero-order valence-corrected chi connectivity index (χ0v) is 5.05. The molecule has 9 heavy (non-hydrogen) atoms. The molecule has 1 aromatic heterocycles. The summed E-state index contributed by atoms with van der Waals surface area (Å²) in [4.78, 5) is 0.599. The van der Waals surface area contributed by atoms with Crippen LogP contribution in [0.15, 0.2) is 31.0 Å². The monoisotopic (exact) mass is 125 g/mol. The van der Waals surface area contributed by atoms with Gasteiger partial charge in [0, 0.05) is 12.6 Å². The van der Waals surface area contributed by atoms with E-state index in [9.17, 15) is 4.48 Å². The smallest absolute Gasteiger partial charge is 0.0551 e. The number of hydrogen-bond donors (Lipinski definition) is 0. The van der Waals surface area contributed by atoms with Gasteiger partial charge in [-0.2, -0.15) is 4.79 Å². The average Bonchev–Trinajstić information content (AvgIpc) is 2.18. The van der Waals surface area contributed by atoms with Crippen LogP contribution in [0.25, 0.3) is 0 Å². The maximum absolute atomic E-state index is 12.4. The summed E-state index contributed by atoms with van der Waals surface area (Å²) in [6, 6.07) is 3.39. The lowest BCUT2D eigenvalue weighted by Gasteiger charge is -1.90. The Balaban J connectivity index is 2.80. The number of allylic oxidation sites excluding steroid dienone is 1. The summed E-state index contributed by atoms with van der Waals surface area (Å²) < 4.78 is 12.4. The molecule has 0 amide bonds. The Kier molecular flexibility index (Phi) is 1.68. The van der Waals surface area contributed by atoms with Gasteiger partial charge in [0.25, 0.3) is 0 Å². The summed E-state index contributed by atoms with van der Waals surface area (Å²) >= 11 is 0. The zero-order chi connectivity index (χ0) is 6.69. The molecule has 0 aliphatic rings. The predicted molar refractivity (Wildman–Crippen MR) is 34.8 cm³/mol. The Morgan fingerprint density at radius 1 is 1.78 bits per heavy atom. The van der Waals surface area contributed by atoms with Crippen LogP contribution in [0, 0.1) is 0 Å². The van der Waals surface area contributed by atoms with E-state index in [2.05, 4.69) is 6.58 Å². The van der Waals surface area contributed by atoms with E-state index in [1.807, 2.05) is 0 Å². The van der Waals surface area contributed by atoms with Crippen LogP contribution in [0.5, 0.6) is 0 Å².